The Morgan fingerprint density at radius 3 is 2.50 bits per heavy atom. The van der Waals surface area contributed by atoms with Gasteiger partial charge in [-0.25, -0.2) is 4.79 Å². The molecule has 3 saturated heterocycles. The lowest BCUT2D eigenvalue weighted by molar-refractivity contribution is -0.208. The lowest BCUT2D eigenvalue weighted by Gasteiger charge is -2.36. The third kappa shape index (κ3) is 3.19. The molecule has 5 nitrogen and oxygen atoms in total. The summed E-state index contributed by atoms with van der Waals surface area (Å²) in [5.41, 5.74) is 1.02. The summed E-state index contributed by atoms with van der Waals surface area (Å²) in [5.74, 6) is -0.733. The van der Waals surface area contributed by atoms with Crippen LogP contribution in [0.4, 0.5) is 4.79 Å². The second-order valence-electron chi connectivity index (χ2n) is 7.40. The molecule has 1 spiro atoms. The fraction of sp³-hybridized carbons (Fsp3) is 0.409. The van der Waals surface area contributed by atoms with Gasteiger partial charge in [-0.2, -0.15) is 0 Å². The van der Waals surface area contributed by atoms with E-state index in [1.54, 1.807) is 11.8 Å². The molecule has 0 unspecified atom stereocenters. The van der Waals surface area contributed by atoms with Crippen molar-refractivity contribution in [3.8, 4) is 0 Å². The van der Waals surface area contributed by atoms with Crippen LogP contribution in [0.1, 0.15) is 30.9 Å². The summed E-state index contributed by atoms with van der Waals surface area (Å²) in [5, 5.41) is 0. The van der Waals surface area contributed by atoms with E-state index in [1.807, 2.05) is 53.4 Å². The highest BCUT2D eigenvalue weighted by molar-refractivity contribution is 7.99. The van der Waals surface area contributed by atoms with Gasteiger partial charge in [0.2, 0.25) is 0 Å². The van der Waals surface area contributed by atoms with Gasteiger partial charge in [0.1, 0.15) is 12.0 Å². The van der Waals surface area contributed by atoms with Crippen LogP contribution in [0.25, 0.3) is 0 Å². The summed E-state index contributed by atoms with van der Waals surface area (Å²) in [7, 11) is 0. The van der Waals surface area contributed by atoms with Gasteiger partial charge < -0.3 is 14.2 Å². The zero-order chi connectivity index (χ0) is 19.0. The van der Waals surface area contributed by atoms with Gasteiger partial charge in [0.05, 0.1) is 18.7 Å². The van der Waals surface area contributed by atoms with Crippen molar-refractivity contribution >= 4 is 17.9 Å². The second-order valence-corrected chi connectivity index (χ2v) is 8.64. The molecule has 0 saturated carbocycles. The molecule has 0 aromatic heterocycles. The third-order valence-electron chi connectivity index (χ3n) is 5.71. The number of cyclic esters (lactones) is 1. The van der Waals surface area contributed by atoms with Crippen LogP contribution in [-0.4, -0.2) is 41.5 Å². The quantitative estimate of drug-likeness (QED) is 0.755. The highest BCUT2D eigenvalue weighted by atomic mass is 32.2. The largest absolute Gasteiger partial charge is 0.447 e. The molecule has 3 heterocycles. The number of amides is 1. The van der Waals surface area contributed by atoms with E-state index in [0.717, 1.165) is 29.7 Å². The molecule has 0 bridgehead atoms. The number of benzene rings is 2. The van der Waals surface area contributed by atoms with Gasteiger partial charge in [-0.3, -0.25) is 4.90 Å². The Labute approximate surface area is 169 Å². The number of rotatable bonds is 4. The van der Waals surface area contributed by atoms with Gasteiger partial charge in [-0.15, -0.1) is 0 Å². The molecule has 4 atom stereocenters. The van der Waals surface area contributed by atoms with Crippen molar-refractivity contribution in [2.24, 2.45) is 0 Å². The standard InChI is InChI=1S/C22H23NO4S/c24-21-23(18(15-25-21)16-8-3-1-4-9-16)19-14-20(27-22(19)12-7-13-26-22)28-17-10-5-2-6-11-17/h1-6,8-11,18-20H,7,12-15H2/t18-,19+,20-,22+/m1/s1. The van der Waals surface area contributed by atoms with Crippen LogP contribution in [0.15, 0.2) is 65.6 Å². The van der Waals surface area contributed by atoms with Crippen LogP contribution in [0, 0.1) is 0 Å². The molecule has 5 rings (SSSR count). The lowest BCUT2D eigenvalue weighted by atomic mass is 9.98. The predicted octanol–water partition coefficient (Wildman–Crippen LogP) is 4.59. The monoisotopic (exact) mass is 397 g/mol. The first-order valence-corrected chi connectivity index (χ1v) is 10.7. The number of hydrogen-bond acceptors (Lipinski definition) is 5. The van der Waals surface area contributed by atoms with E-state index in [9.17, 15) is 4.79 Å². The van der Waals surface area contributed by atoms with Gasteiger partial charge in [-0.05, 0) is 24.1 Å². The summed E-state index contributed by atoms with van der Waals surface area (Å²) in [6.45, 7) is 1.03. The number of thioether (sulfide) groups is 1. The van der Waals surface area contributed by atoms with Gasteiger partial charge in [-0.1, -0.05) is 60.3 Å². The molecule has 3 aliphatic heterocycles. The average molecular weight is 397 g/mol. The van der Waals surface area contributed by atoms with Crippen LogP contribution >= 0.6 is 11.8 Å². The number of nitrogens with zero attached hydrogens (tertiary/aromatic N) is 1. The minimum atomic E-state index is -0.733. The van der Waals surface area contributed by atoms with Crippen LogP contribution in [0.2, 0.25) is 0 Å². The summed E-state index contributed by atoms with van der Waals surface area (Å²) in [6, 6.07) is 20.0. The molecule has 3 fully saturated rings. The summed E-state index contributed by atoms with van der Waals surface area (Å²) < 4.78 is 18.1. The van der Waals surface area contributed by atoms with Gasteiger partial charge in [0.25, 0.3) is 0 Å². The van der Waals surface area contributed by atoms with Gasteiger partial charge in [0.15, 0.2) is 5.79 Å². The molecule has 3 aliphatic rings. The Morgan fingerprint density at radius 2 is 1.79 bits per heavy atom. The molecule has 0 N–H and O–H groups in total. The summed E-state index contributed by atoms with van der Waals surface area (Å²) >= 11 is 1.69. The van der Waals surface area contributed by atoms with Crippen LogP contribution in [0.3, 0.4) is 0 Å². The Morgan fingerprint density at radius 1 is 1.04 bits per heavy atom. The Kier molecular flexibility index (Phi) is 4.78. The maximum atomic E-state index is 12.7. The van der Waals surface area contributed by atoms with Crippen molar-refractivity contribution in [3.05, 3.63) is 66.2 Å². The number of carbonyl (C=O) groups excluding carboxylic acids is 1. The van der Waals surface area contributed by atoms with Crippen LogP contribution in [0.5, 0.6) is 0 Å². The highest BCUT2D eigenvalue weighted by Gasteiger charge is 2.58. The van der Waals surface area contributed by atoms with E-state index >= 15 is 0 Å². The minimum Gasteiger partial charge on any atom is -0.447 e. The number of carbonyl (C=O) groups is 1. The summed E-state index contributed by atoms with van der Waals surface area (Å²) in [4.78, 5) is 15.8. The molecule has 1 amide bonds. The van der Waals surface area contributed by atoms with Crippen molar-refractivity contribution in [1.29, 1.82) is 0 Å². The fourth-order valence-corrected chi connectivity index (χ4v) is 5.57. The molecule has 146 valence electrons. The van der Waals surface area contributed by atoms with E-state index < -0.39 is 5.79 Å². The molecular weight excluding hydrogens is 374 g/mol. The number of ether oxygens (including phenoxy) is 3. The molecule has 6 heteroatoms. The molecular formula is C22H23NO4S. The van der Waals surface area contributed by atoms with E-state index in [4.69, 9.17) is 14.2 Å². The second kappa shape index (κ2) is 7.43. The molecule has 0 aliphatic carbocycles. The van der Waals surface area contributed by atoms with Crippen molar-refractivity contribution in [1.82, 2.24) is 4.90 Å². The third-order valence-corrected chi connectivity index (χ3v) is 6.81. The predicted molar refractivity (Wildman–Crippen MR) is 106 cm³/mol. The SMILES string of the molecule is O=C1OC[C@H](c2ccccc2)N1[C@H]1C[C@@H](Sc2ccccc2)O[C@@]12CCCO2. The molecule has 28 heavy (non-hydrogen) atoms. The normalized spacial score (nSPS) is 32.2. The minimum absolute atomic E-state index is 0.0599. The first kappa shape index (κ1) is 18.0. The first-order valence-electron chi connectivity index (χ1n) is 9.79. The fourth-order valence-electron chi connectivity index (χ4n) is 4.46. The Bertz CT molecular complexity index is 825. The molecule has 2 aromatic rings. The smallest absolute Gasteiger partial charge is 0.410 e. The maximum Gasteiger partial charge on any atom is 0.410 e. The van der Waals surface area contributed by atoms with Gasteiger partial charge in [0, 0.05) is 17.7 Å². The Hall–Kier alpha value is -2.02. The van der Waals surface area contributed by atoms with Crippen molar-refractivity contribution in [2.75, 3.05) is 13.2 Å². The first-order chi connectivity index (χ1) is 13.8. The van der Waals surface area contributed by atoms with E-state index in [0.29, 0.717) is 13.2 Å². The van der Waals surface area contributed by atoms with Crippen molar-refractivity contribution < 1.29 is 19.0 Å². The van der Waals surface area contributed by atoms with E-state index in [1.165, 1.54) is 0 Å². The highest BCUT2D eigenvalue weighted by Crippen LogP contribution is 2.49. The summed E-state index contributed by atoms with van der Waals surface area (Å²) in [6.07, 6.45) is 2.19. The average Bonchev–Trinajstić information content (AvgIpc) is 3.43. The van der Waals surface area contributed by atoms with Crippen LogP contribution in [-0.2, 0) is 14.2 Å². The molecule has 2 aromatic carbocycles. The van der Waals surface area contributed by atoms with Crippen molar-refractivity contribution in [3.63, 3.8) is 0 Å². The van der Waals surface area contributed by atoms with Crippen LogP contribution < -0.4 is 0 Å². The maximum absolute atomic E-state index is 12.7. The Balaban J connectivity index is 1.43. The zero-order valence-electron chi connectivity index (χ0n) is 15.5. The van der Waals surface area contributed by atoms with E-state index in [2.05, 4.69) is 12.1 Å². The molecule has 0 radical (unpaired) electrons. The lowest BCUT2D eigenvalue weighted by Crippen LogP contribution is -2.51. The number of hydrogen-bond donors (Lipinski definition) is 0. The van der Waals surface area contributed by atoms with Gasteiger partial charge >= 0.3 is 6.09 Å². The van der Waals surface area contributed by atoms with E-state index in [-0.39, 0.29) is 23.6 Å². The topological polar surface area (TPSA) is 48.0 Å². The zero-order valence-corrected chi connectivity index (χ0v) is 16.3. The van der Waals surface area contributed by atoms with Crippen molar-refractivity contribution in [2.45, 2.75) is 47.5 Å².